The van der Waals surface area contributed by atoms with Gasteiger partial charge in [0, 0.05) is 16.9 Å². The second kappa shape index (κ2) is 4.30. The number of carbonyl (C=O) groups is 1. The van der Waals surface area contributed by atoms with E-state index in [1.165, 1.54) is 18.4 Å². The SMILES string of the molecule is COC(=O)C#Cc1csc(C#N)c1. The Morgan fingerprint density at radius 3 is 3.00 bits per heavy atom. The number of esters is 1. The molecule has 1 heterocycles. The fraction of sp³-hybridized carbons (Fsp3) is 0.111. The van der Waals surface area contributed by atoms with Crippen molar-refractivity contribution in [2.45, 2.75) is 0 Å². The molecule has 0 bridgehead atoms. The highest BCUT2D eigenvalue weighted by Crippen LogP contribution is 2.11. The number of rotatable bonds is 0. The van der Waals surface area contributed by atoms with Crippen molar-refractivity contribution in [3.05, 3.63) is 21.9 Å². The predicted octanol–water partition coefficient (Wildman–Crippen LogP) is 1.14. The lowest BCUT2D eigenvalue weighted by atomic mass is 10.3. The van der Waals surface area contributed by atoms with Gasteiger partial charge in [-0.2, -0.15) is 5.26 Å². The van der Waals surface area contributed by atoms with Crippen LogP contribution in [0, 0.1) is 23.2 Å². The van der Waals surface area contributed by atoms with Gasteiger partial charge in [-0.1, -0.05) is 5.92 Å². The van der Waals surface area contributed by atoms with Gasteiger partial charge in [-0.3, -0.25) is 0 Å². The molecule has 0 aliphatic carbocycles. The quantitative estimate of drug-likeness (QED) is 0.456. The van der Waals surface area contributed by atoms with Crippen LogP contribution in [0.15, 0.2) is 11.4 Å². The average molecular weight is 191 g/mol. The Kier molecular flexibility index (Phi) is 3.08. The molecule has 1 aromatic heterocycles. The number of carbonyl (C=O) groups excluding carboxylic acids is 1. The number of nitriles is 1. The van der Waals surface area contributed by atoms with Crippen LogP contribution >= 0.6 is 11.3 Å². The molecule has 3 nitrogen and oxygen atoms in total. The molecule has 64 valence electrons. The molecule has 0 amide bonds. The highest BCUT2D eigenvalue weighted by atomic mass is 32.1. The van der Waals surface area contributed by atoms with Gasteiger partial charge in [-0.05, 0) is 6.07 Å². The maximum absolute atomic E-state index is 10.6. The van der Waals surface area contributed by atoms with Gasteiger partial charge in [0.2, 0.25) is 0 Å². The van der Waals surface area contributed by atoms with E-state index in [0.29, 0.717) is 10.4 Å². The number of hydrogen-bond acceptors (Lipinski definition) is 4. The van der Waals surface area contributed by atoms with Crippen LogP contribution in [0.5, 0.6) is 0 Å². The van der Waals surface area contributed by atoms with Crippen LogP contribution in [-0.4, -0.2) is 13.1 Å². The molecule has 0 aromatic carbocycles. The zero-order valence-electron chi connectivity index (χ0n) is 6.83. The molecule has 0 aliphatic heterocycles. The number of nitrogens with zero attached hydrogens (tertiary/aromatic N) is 1. The van der Waals surface area contributed by atoms with Crippen LogP contribution in [0.2, 0.25) is 0 Å². The lowest BCUT2D eigenvalue weighted by Crippen LogP contribution is -1.94. The third kappa shape index (κ3) is 2.62. The van der Waals surface area contributed by atoms with Crippen LogP contribution in [0.3, 0.4) is 0 Å². The minimum absolute atomic E-state index is 0.578. The van der Waals surface area contributed by atoms with Crippen molar-refractivity contribution < 1.29 is 9.53 Å². The van der Waals surface area contributed by atoms with Crippen molar-refractivity contribution in [2.75, 3.05) is 7.11 Å². The van der Waals surface area contributed by atoms with Crippen LogP contribution in [-0.2, 0) is 9.53 Å². The van der Waals surface area contributed by atoms with Gasteiger partial charge in [-0.15, -0.1) is 11.3 Å². The van der Waals surface area contributed by atoms with Gasteiger partial charge < -0.3 is 4.74 Å². The smallest absolute Gasteiger partial charge is 0.384 e. The van der Waals surface area contributed by atoms with Gasteiger partial charge in [0.25, 0.3) is 0 Å². The topological polar surface area (TPSA) is 50.1 Å². The summed E-state index contributed by atoms with van der Waals surface area (Å²) < 4.78 is 4.33. The Morgan fingerprint density at radius 2 is 2.46 bits per heavy atom. The molecule has 1 aromatic rings. The van der Waals surface area contributed by atoms with Crippen LogP contribution in [0.25, 0.3) is 0 Å². The monoisotopic (exact) mass is 191 g/mol. The van der Waals surface area contributed by atoms with Crippen LogP contribution in [0.1, 0.15) is 10.4 Å². The van der Waals surface area contributed by atoms with Crippen molar-refractivity contribution in [1.29, 1.82) is 5.26 Å². The molecule has 0 radical (unpaired) electrons. The summed E-state index contributed by atoms with van der Waals surface area (Å²) in [5, 5.41) is 10.2. The summed E-state index contributed by atoms with van der Waals surface area (Å²) in [6.07, 6.45) is 0. The maximum Gasteiger partial charge on any atom is 0.384 e. The molecule has 0 saturated heterocycles. The Morgan fingerprint density at radius 1 is 1.69 bits per heavy atom. The van der Waals surface area contributed by atoms with E-state index in [0.717, 1.165) is 0 Å². The summed E-state index contributed by atoms with van der Waals surface area (Å²) in [4.78, 5) is 11.2. The molecule has 0 saturated carbocycles. The van der Waals surface area contributed by atoms with E-state index in [-0.39, 0.29) is 0 Å². The molecule has 0 atom stereocenters. The lowest BCUT2D eigenvalue weighted by molar-refractivity contribution is -0.133. The molecule has 4 heteroatoms. The van der Waals surface area contributed by atoms with Crippen molar-refractivity contribution >= 4 is 17.3 Å². The van der Waals surface area contributed by atoms with Gasteiger partial charge >= 0.3 is 5.97 Å². The first kappa shape index (κ1) is 9.31. The third-order valence-electron chi connectivity index (χ3n) is 1.20. The Balaban J connectivity index is 2.79. The number of thiophene rings is 1. The van der Waals surface area contributed by atoms with Crippen LogP contribution in [0.4, 0.5) is 0 Å². The maximum atomic E-state index is 10.6. The normalized spacial score (nSPS) is 8.00. The van der Waals surface area contributed by atoms with Crippen LogP contribution < -0.4 is 0 Å². The van der Waals surface area contributed by atoms with Gasteiger partial charge in [-0.25, -0.2) is 4.79 Å². The largest absolute Gasteiger partial charge is 0.459 e. The summed E-state index contributed by atoms with van der Waals surface area (Å²) in [5.41, 5.74) is 0.659. The van der Waals surface area contributed by atoms with Gasteiger partial charge in [0.05, 0.1) is 7.11 Å². The second-order valence-corrected chi connectivity index (χ2v) is 2.96. The van der Waals surface area contributed by atoms with E-state index in [2.05, 4.69) is 16.6 Å². The summed E-state index contributed by atoms with van der Waals surface area (Å²) >= 11 is 1.29. The van der Waals surface area contributed by atoms with Gasteiger partial charge in [0.15, 0.2) is 0 Å². The van der Waals surface area contributed by atoms with E-state index < -0.39 is 5.97 Å². The number of methoxy groups -OCH3 is 1. The first-order chi connectivity index (χ1) is 6.26. The molecule has 0 unspecified atom stereocenters. The fourth-order valence-electron chi connectivity index (χ4n) is 0.635. The molecule has 0 spiro atoms. The molecule has 0 fully saturated rings. The molecule has 1 rings (SSSR count). The van der Waals surface area contributed by atoms with E-state index in [1.54, 1.807) is 11.4 Å². The Labute approximate surface area is 79.6 Å². The fourth-order valence-corrected chi connectivity index (χ4v) is 1.26. The summed E-state index contributed by atoms with van der Waals surface area (Å²) in [6.45, 7) is 0. The van der Waals surface area contributed by atoms with E-state index in [4.69, 9.17) is 5.26 Å². The Hall–Kier alpha value is -1.78. The van der Waals surface area contributed by atoms with E-state index >= 15 is 0 Å². The molecule has 0 aliphatic rings. The summed E-state index contributed by atoms with van der Waals surface area (Å²) in [6, 6.07) is 3.61. The molecule has 0 N–H and O–H groups in total. The number of ether oxygens (including phenoxy) is 1. The standard InChI is InChI=1S/C9H5NO2S/c1-12-9(11)3-2-7-4-8(5-10)13-6-7/h4,6H,1H3. The molecular weight excluding hydrogens is 186 g/mol. The average Bonchev–Trinajstić information content (AvgIpc) is 2.61. The molecular formula is C9H5NO2S. The Bertz CT molecular complexity index is 417. The minimum Gasteiger partial charge on any atom is -0.459 e. The number of hydrogen-bond donors (Lipinski definition) is 0. The highest BCUT2D eigenvalue weighted by molar-refractivity contribution is 7.10. The summed E-state index contributed by atoms with van der Waals surface area (Å²) in [7, 11) is 1.27. The minimum atomic E-state index is -0.579. The van der Waals surface area contributed by atoms with E-state index in [9.17, 15) is 4.79 Å². The van der Waals surface area contributed by atoms with E-state index in [1.807, 2.05) is 6.07 Å². The first-order valence-corrected chi connectivity index (χ1v) is 4.23. The zero-order valence-corrected chi connectivity index (χ0v) is 7.64. The molecule has 13 heavy (non-hydrogen) atoms. The first-order valence-electron chi connectivity index (χ1n) is 3.35. The predicted molar refractivity (Wildman–Crippen MR) is 47.9 cm³/mol. The third-order valence-corrected chi connectivity index (χ3v) is 2.04. The van der Waals surface area contributed by atoms with Crippen molar-refractivity contribution in [1.82, 2.24) is 0 Å². The lowest BCUT2D eigenvalue weighted by Gasteiger charge is -1.83. The summed E-state index contributed by atoms with van der Waals surface area (Å²) in [5.74, 6) is 4.28. The highest BCUT2D eigenvalue weighted by Gasteiger charge is 1.95. The zero-order chi connectivity index (χ0) is 9.68. The van der Waals surface area contributed by atoms with Crippen molar-refractivity contribution in [3.63, 3.8) is 0 Å². The second-order valence-electron chi connectivity index (χ2n) is 2.05. The van der Waals surface area contributed by atoms with Crippen molar-refractivity contribution in [2.24, 2.45) is 0 Å². The van der Waals surface area contributed by atoms with Crippen molar-refractivity contribution in [3.8, 4) is 17.9 Å². The van der Waals surface area contributed by atoms with Gasteiger partial charge in [0.1, 0.15) is 10.9 Å².